The molecule has 0 aliphatic carbocycles. The van der Waals surface area contributed by atoms with Crippen molar-refractivity contribution < 1.29 is 43.0 Å². The van der Waals surface area contributed by atoms with Crippen LogP contribution in [-0.4, -0.2) is 33.9 Å². The van der Waals surface area contributed by atoms with E-state index in [-0.39, 0.29) is 34.5 Å². The molecule has 0 saturated heterocycles. The van der Waals surface area contributed by atoms with Crippen molar-refractivity contribution in [1.29, 1.82) is 0 Å². The molecule has 0 radical (unpaired) electrons. The van der Waals surface area contributed by atoms with Crippen molar-refractivity contribution in [3.8, 4) is 34.3 Å². The number of aromatic hydroxyl groups is 2. The van der Waals surface area contributed by atoms with Gasteiger partial charge in [-0.1, -0.05) is 11.6 Å². The largest absolute Gasteiger partial charge is 0.507 e. The number of hydrogen-bond acceptors (Lipinski definition) is 8. The lowest BCUT2D eigenvalue weighted by Crippen LogP contribution is -2.13. The van der Waals surface area contributed by atoms with E-state index < -0.39 is 31.5 Å². The molecule has 0 unspecified atom stereocenters. The van der Waals surface area contributed by atoms with Crippen LogP contribution in [0.1, 0.15) is 19.4 Å². The molecule has 0 saturated carbocycles. The summed E-state index contributed by atoms with van der Waals surface area (Å²) in [5.41, 5.74) is 0.741. The van der Waals surface area contributed by atoms with Gasteiger partial charge in [0.2, 0.25) is 18.0 Å². The first-order chi connectivity index (χ1) is 15.5. The quantitative estimate of drug-likeness (QED) is 0.213. The smallest absolute Gasteiger partial charge is 0.472 e. The molecule has 3 aromatic rings. The number of benzene rings is 2. The summed E-state index contributed by atoms with van der Waals surface area (Å²) in [5, 5.41) is 20.5. The highest BCUT2D eigenvalue weighted by Gasteiger charge is 2.24. The minimum Gasteiger partial charge on any atom is -0.507 e. The van der Waals surface area contributed by atoms with Crippen LogP contribution in [0.25, 0.3) is 22.3 Å². The van der Waals surface area contributed by atoms with E-state index in [1.807, 2.05) is 19.9 Å². The highest BCUT2D eigenvalue weighted by Crippen LogP contribution is 2.40. The number of hydrogen-bond donors (Lipinski definition) is 4. The number of phenolic OH excluding ortho intramolecular Hbond substituents is 2. The van der Waals surface area contributed by atoms with Gasteiger partial charge in [0, 0.05) is 17.2 Å². The van der Waals surface area contributed by atoms with E-state index in [2.05, 4.69) is 4.52 Å². The maximum absolute atomic E-state index is 13.3. The fraction of sp³-hybridized carbons (Fsp3) is 0.227. The van der Waals surface area contributed by atoms with Gasteiger partial charge in [0.1, 0.15) is 28.2 Å². The summed E-state index contributed by atoms with van der Waals surface area (Å²) < 4.78 is 31.7. The van der Waals surface area contributed by atoms with Crippen LogP contribution in [0.4, 0.5) is 0 Å². The van der Waals surface area contributed by atoms with Gasteiger partial charge in [-0.2, -0.15) is 0 Å². The molecule has 1 heterocycles. The van der Waals surface area contributed by atoms with Crippen LogP contribution in [0.3, 0.4) is 0 Å². The highest BCUT2D eigenvalue weighted by molar-refractivity contribution is 7.46. The van der Waals surface area contributed by atoms with Crippen LogP contribution < -0.4 is 14.9 Å². The molecule has 0 atom stereocenters. The normalized spacial score (nSPS) is 11.4. The van der Waals surface area contributed by atoms with Gasteiger partial charge in [-0.05, 0) is 44.5 Å². The standard InChI is InChI=1S/C22H23O10P/c1-12(2)4-9-15-16(23)10-17(24)18-19(25)22(30-11-31-33(26,27)28)20(32-21(15)18)13-5-7-14(29-3)8-6-13/h4-8,10,23-24H,9,11H2,1-3H3,(H2,26,27,28). The van der Waals surface area contributed by atoms with Crippen LogP contribution in [0.2, 0.25) is 0 Å². The molecule has 10 nitrogen and oxygen atoms in total. The summed E-state index contributed by atoms with van der Waals surface area (Å²) in [6.45, 7) is 2.78. The number of allylic oxidation sites excluding steroid dienone is 2. The number of fused-ring (bicyclic) bond motifs is 1. The molecule has 33 heavy (non-hydrogen) atoms. The number of phenols is 2. The summed E-state index contributed by atoms with van der Waals surface area (Å²) in [6, 6.07) is 7.41. The Kier molecular flexibility index (Phi) is 7.14. The molecule has 0 aliphatic heterocycles. The monoisotopic (exact) mass is 478 g/mol. The summed E-state index contributed by atoms with van der Waals surface area (Å²) in [7, 11) is -3.38. The SMILES string of the molecule is COc1ccc(-c2oc3c(CC=C(C)C)c(O)cc(O)c3c(=O)c2OCOP(=O)(O)O)cc1. The van der Waals surface area contributed by atoms with Crippen LogP contribution in [-0.2, 0) is 15.5 Å². The molecule has 176 valence electrons. The van der Waals surface area contributed by atoms with E-state index >= 15 is 0 Å². The van der Waals surface area contributed by atoms with Crippen molar-refractivity contribution >= 4 is 18.8 Å². The Hall–Kier alpha value is -3.30. The molecule has 0 bridgehead atoms. The topological polar surface area (TPSA) is 156 Å². The van der Waals surface area contributed by atoms with Crippen LogP contribution >= 0.6 is 7.82 Å². The lowest BCUT2D eigenvalue weighted by Gasteiger charge is -2.15. The highest BCUT2D eigenvalue weighted by atomic mass is 31.2. The molecular formula is C22H23O10P. The number of ether oxygens (including phenoxy) is 2. The third-order valence-electron chi connectivity index (χ3n) is 4.67. The van der Waals surface area contributed by atoms with Crippen molar-refractivity contribution in [1.82, 2.24) is 0 Å². The summed E-state index contributed by atoms with van der Waals surface area (Å²) >= 11 is 0. The minimum atomic E-state index is -4.87. The zero-order valence-corrected chi connectivity index (χ0v) is 19.0. The maximum atomic E-state index is 13.3. The molecule has 11 heteroatoms. The molecule has 4 N–H and O–H groups in total. The number of phosphoric ester groups is 1. The van der Waals surface area contributed by atoms with Crippen LogP contribution in [0, 0.1) is 0 Å². The van der Waals surface area contributed by atoms with E-state index in [4.69, 9.17) is 23.7 Å². The van der Waals surface area contributed by atoms with E-state index in [1.165, 1.54) is 7.11 Å². The van der Waals surface area contributed by atoms with Gasteiger partial charge in [-0.3, -0.25) is 4.79 Å². The summed E-state index contributed by atoms with van der Waals surface area (Å²) in [4.78, 5) is 31.1. The van der Waals surface area contributed by atoms with Crippen molar-refractivity contribution in [2.24, 2.45) is 0 Å². The van der Waals surface area contributed by atoms with Crippen LogP contribution in [0.15, 0.2) is 51.2 Å². The zero-order chi connectivity index (χ0) is 24.3. The first-order valence-electron chi connectivity index (χ1n) is 9.67. The minimum absolute atomic E-state index is 0.0518. The second kappa shape index (κ2) is 9.68. The van der Waals surface area contributed by atoms with E-state index in [0.29, 0.717) is 11.3 Å². The average molecular weight is 478 g/mol. The molecule has 0 spiro atoms. The van der Waals surface area contributed by atoms with E-state index in [1.54, 1.807) is 24.3 Å². The molecule has 0 fully saturated rings. The van der Waals surface area contributed by atoms with Crippen molar-refractivity contribution in [2.45, 2.75) is 20.3 Å². The average Bonchev–Trinajstić information content (AvgIpc) is 2.73. The molecule has 2 aromatic carbocycles. The van der Waals surface area contributed by atoms with Gasteiger partial charge in [-0.15, -0.1) is 0 Å². The number of phosphoric acid groups is 1. The van der Waals surface area contributed by atoms with Crippen molar-refractivity contribution in [3.05, 3.63) is 57.8 Å². The van der Waals surface area contributed by atoms with Crippen LogP contribution in [0.5, 0.6) is 23.0 Å². The first kappa shape index (κ1) is 24.3. The molecule has 0 amide bonds. The molecule has 3 rings (SSSR count). The molecule has 0 aliphatic rings. The molecular weight excluding hydrogens is 455 g/mol. The van der Waals surface area contributed by atoms with Gasteiger partial charge >= 0.3 is 7.82 Å². The molecule has 1 aromatic heterocycles. The fourth-order valence-corrected chi connectivity index (χ4v) is 3.28. The zero-order valence-electron chi connectivity index (χ0n) is 18.1. The maximum Gasteiger partial charge on any atom is 0.472 e. The number of rotatable bonds is 8. The fourth-order valence-electron chi connectivity index (χ4n) is 3.09. The van der Waals surface area contributed by atoms with Gasteiger partial charge in [0.05, 0.1) is 7.11 Å². The Labute approximate surface area is 188 Å². The Bertz CT molecular complexity index is 1300. The van der Waals surface area contributed by atoms with E-state index in [9.17, 15) is 19.6 Å². The Morgan fingerprint density at radius 1 is 1.12 bits per heavy atom. The Morgan fingerprint density at radius 2 is 1.79 bits per heavy atom. The van der Waals surface area contributed by atoms with Gasteiger partial charge < -0.3 is 33.9 Å². The Balaban J connectivity index is 2.29. The predicted octanol–water partition coefficient (Wildman–Crippen LogP) is 3.83. The van der Waals surface area contributed by atoms with Gasteiger partial charge in [0.15, 0.2) is 5.76 Å². The van der Waals surface area contributed by atoms with Crippen molar-refractivity contribution in [2.75, 3.05) is 13.9 Å². The second-order valence-electron chi connectivity index (χ2n) is 7.28. The van der Waals surface area contributed by atoms with Gasteiger partial charge in [0.25, 0.3) is 0 Å². The first-order valence-corrected chi connectivity index (χ1v) is 11.2. The summed E-state index contributed by atoms with van der Waals surface area (Å²) in [5.74, 6) is -0.795. The lowest BCUT2D eigenvalue weighted by molar-refractivity contribution is 0.0814. The summed E-state index contributed by atoms with van der Waals surface area (Å²) in [6.07, 6.45) is 2.04. The van der Waals surface area contributed by atoms with Crippen molar-refractivity contribution in [3.63, 3.8) is 0 Å². The van der Waals surface area contributed by atoms with Gasteiger partial charge in [-0.25, -0.2) is 9.09 Å². The Morgan fingerprint density at radius 3 is 2.36 bits per heavy atom. The van der Waals surface area contributed by atoms with E-state index in [0.717, 1.165) is 11.6 Å². The number of methoxy groups -OCH3 is 1. The predicted molar refractivity (Wildman–Crippen MR) is 120 cm³/mol. The lowest BCUT2D eigenvalue weighted by atomic mass is 10.0. The third kappa shape index (κ3) is 5.55. The third-order valence-corrected chi connectivity index (χ3v) is 5.12. The second-order valence-corrected chi connectivity index (χ2v) is 8.52.